The van der Waals surface area contributed by atoms with Crippen LogP contribution in [0.5, 0.6) is 0 Å². The van der Waals surface area contributed by atoms with Crippen LogP contribution in [-0.2, 0) is 11.2 Å². The fraction of sp³-hybridized carbons (Fsp3) is 0.0303. The number of hydrogen-bond donors (Lipinski definition) is 2. The number of halogens is 2. The Bertz CT molecular complexity index is 3690. The highest BCUT2D eigenvalue weighted by Gasteiger charge is 2.48. The number of hydrogen-bond acceptors (Lipinski definition) is 2. The van der Waals surface area contributed by atoms with Crippen molar-refractivity contribution in [2.45, 2.75) is 11.2 Å². The van der Waals surface area contributed by atoms with Crippen molar-refractivity contribution in [2.75, 3.05) is 0 Å². The zero-order valence-electron chi connectivity index (χ0n) is 38.2. The summed E-state index contributed by atoms with van der Waals surface area (Å²) in [6.07, 6.45) is 2.39. The van der Waals surface area contributed by atoms with Gasteiger partial charge in [-0.25, -0.2) is 0 Å². The van der Waals surface area contributed by atoms with E-state index in [4.69, 9.17) is 23.2 Å². The lowest BCUT2D eigenvalue weighted by molar-refractivity contribution is 0.273. The molecule has 0 amide bonds. The Kier molecular flexibility index (Phi) is 11.2. The SMILES string of the molecule is Clc1cc(-c2ccc(C3=CC(c4ccc(-c5ccccc5)cc4)(c4ccc(-c5cc(Cl)cc6ccccc56)cc4)NC(c4ccccc4)(c4ccc(-c5ccccc5)cc4)N3)cc2)c2ccccc2c1. The summed E-state index contributed by atoms with van der Waals surface area (Å²) < 4.78 is 0. The Balaban J connectivity index is 1.09. The van der Waals surface area contributed by atoms with Gasteiger partial charge in [0.25, 0.3) is 0 Å². The molecule has 12 rings (SSSR count). The zero-order chi connectivity index (χ0) is 47.1. The first-order chi connectivity index (χ1) is 34.4. The molecule has 2 N–H and O–H groups in total. The van der Waals surface area contributed by atoms with Crippen LogP contribution in [0.1, 0.15) is 27.8 Å². The summed E-state index contributed by atoms with van der Waals surface area (Å²) in [5.41, 5.74) is 13.5. The molecule has 0 aliphatic carbocycles. The van der Waals surface area contributed by atoms with Crippen LogP contribution in [0.2, 0.25) is 10.0 Å². The maximum Gasteiger partial charge on any atom is 0.142 e. The second kappa shape index (κ2) is 18.2. The van der Waals surface area contributed by atoms with E-state index in [1.165, 1.54) is 11.1 Å². The molecule has 0 aromatic heterocycles. The third kappa shape index (κ3) is 7.96. The summed E-state index contributed by atoms with van der Waals surface area (Å²) >= 11 is 13.6. The van der Waals surface area contributed by atoms with Crippen LogP contribution in [-0.4, -0.2) is 0 Å². The first kappa shape index (κ1) is 43.3. The second-order valence-electron chi connectivity index (χ2n) is 18.1. The number of nitrogens with one attached hydrogen (secondary N) is 2. The maximum absolute atomic E-state index is 6.80. The predicted octanol–water partition coefficient (Wildman–Crippen LogP) is 17.3. The lowest BCUT2D eigenvalue weighted by Crippen LogP contribution is -2.64. The number of fused-ring (bicyclic) bond motifs is 2. The van der Waals surface area contributed by atoms with Crippen LogP contribution < -0.4 is 10.6 Å². The predicted molar refractivity (Wildman–Crippen MR) is 295 cm³/mol. The Morgan fingerprint density at radius 2 is 0.657 bits per heavy atom. The van der Waals surface area contributed by atoms with E-state index >= 15 is 0 Å². The van der Waals surface area contributed by atoms with Crippen molar-refractivity contribution in [3.8, 4) is 44.5 Å². The van der Waals surface area contributed by atoms with Crippen molar-refractivity contribution in [3.05, 3.63) is 305 Å². The molecule has 1 aliphatic heterocycles. The van der Waals surface area contributed by atoms with Gasteiger partial charge in [-0.15, -0.1) is 0 Å². The minimum absolute atomic E-state index is 0.709. The van der Waals surface area contributed by atoms with Crippen molar-refractivity contribution in [3.63, 3.8) is 0 Å². The summed E-state index contributed by atoms with van der Waals surface area (Å²) in [6.45, 7) is 0. The van der Waals surface area contributed by atoms with Crippen LogP contribution in [0.4, 0.5) is 0 Å². The van der Waals surface area contributed by atoms with Gasteiger partial charge in [0.1, 0.15) is 5.66 Å². The summed E-state index contributed by atoms with van der Waals surface area (Å²) in [4.78, 5) is 0. The first-order valence-corrected chi connectivity index (χ1v) is 24.4. The topological polar surface area (TPSA) is 24.1 Å². The average Bonchev–Trinajstić information content (AvgIpc) is 3.43. The minimum atomic E-state index is -0.942. The molecule has 2 atom stereocenters. The second-order valence-corrected chi connectivity index (χ2v) is 19.0. The van der Waals surface area contributed by atoms with Crippen molar-refractivity contribution in [1.82, 2.24) is 10.6 Å². The van der Waals surface area contributed by atoms with Crippen LogP contribution in [0.25, 0.3) is 71.7 Å². The fourth-order valence-corrected chi connectivity index (χ4v) is 10.9. The van der Waals surface area contributed by atoms with Gasteiger partial charge in [0.2, 0.25) is 0 Å². The quantitative estimate of drug-likeness (QED) is 0.151. The van der Waals surface area contributed by atoms with E-state index in [2.05, 4.69) is 265 Å². The van der Waals surface area contributed by atoms with Crippen LogP contribution in [0, 0.1) is 0 Å². The maximum atomic E-state index is 6.80. The van der Waals surface area contributed by atoms with Gasteiger partial charge in [0, 0.05) is 15.7 Å². The van der Waals surface area contributed by atoms with Gasteiger partial charge >= 0.3 is 0 Å². The van der Waals surface area contributed by atoms with E-state index < -0.39 is 11.2 Å². The van der Waals surface area contributed by atoms with Gasteiger partial charge in [-0.1, -0.05) is 260 Å². The normalized spacial score (nSPS) is 16.7. The molecule has 0 spiro atoms. The molecular weight excluding hydrogens is 892 g/mol. The summed E-state index contributed by atoms with van der Waals surface area (Å²) in [5, 5.41) is 14.5. The Morgan fingerprint density at radius 1 is 0.300 bits per heavy atom. The van der Waals surface area contributed by atoms with Gasteiger partial charge in [-0.3, -0.25) is 5.32 Å². The highest BCUT2D eigenvalue weighted by atomic mass is 35.5. The standard InChI is InChI=1S/C66H46Cl2N2/c67-58-40-52-18-10-12-22-60(52)62(42-58)49-24-26-51(27-25-49)64-44-65(54-34-28-47(29-35-54)45-14-4-1-5-15-45,55-36-32-50(33-37-55)63-43-59(68)41-53-19-11-13-23-61(53)63)70-66(69-64,56-20-8-3-9-21-56)57-38-30-48(31-39-57)46-16-6-2-7-17-46/h1-44,69-70H. The number of rotatable bonds is 9. The number of benzene rings is 11. The van der Waals surface area contributed by atoms with Gasteiger partial charge in [0.05, 0.1) is 5.54 Å². The van der Waals surface area contributed by atoms with E-state index in [0.717, 1.165) is 88.4 Å². The van der Waals surface area contributed by atoms with E-state index in [1.54, 1.807) is 0 Å². The van der Waals surface area contributed by atoms with Gasteiger partial charge in [-0.2, -0.15) is 0 Å². The Hall–Kier alpha value is -7.98. The molecule has 334 valence electrons. The molecule has 0 saturated carbocycles. The summed E-state index contributed by atoms with van der Waals surface area (Å²) in [7, 11) is 0. The van der Waals surface area contributed by atoms with Gasteiger partial charge in [-0.05, 0) is 124 Å². The molecule has 70 heavy (non-hydrogen) atoms. The molecule has 11 aromatic carbocycles. The fourth-order valence-electron chi connectivity index (χ4n) is 10.5. The Labute approximate surface area is 419 Å². The summed E-state index contributed by atoms with van der Waals surface area (Å²) in [5.74, 6) is 0. The Morgan fingerprint density at radius 3 is 1.14 bits per heavy atom. The molecule has 0 fully saturated rings. The van der Waals surface area contributed by atoms with Crippen molar-refractivity contribution >= 4 is 50.4 Å². The highest BCUT2D eigenvalue weighted by Crippen LogP contribution is 2.46. The van der Waals surface area contributed by atoms with E-state index in [0.29, 0.717) is 10.0 Å². The van der Waals surface area contributed by atoms with Crippen molar-refractivity contribution in [2.24, 2.45) is 0 Å². The molecule has 0 radical (unpaired) electrons. The third-order valence-corrected chi connectivity index (χ3v) is 14.4. The third-order valence-electron chi connectivity index (χ3n) is 14.0. The zero-order valence-corrected chi connectivity index (χ0v) is 39.7. The van der Waals surface area contributed by atoms with Crippen LogP contribution in [0.15, 0.2) is 267 Å². The van der Waals surface area contributed by atoms with E-state index in [-0.39, 0.29) is 0 Å². The molecule has 2 unspecified atom stereocenters. The lowest BCUT2D eigenvalue weighted by Gasteiger charge is -2.50. The van der Waals surface area contributed by atoms with Crippen molar-refractivity contribution < 1.29 is 0 Å². The highest BCUT2D eigenvalue weighted by molar-refractivity contribution is 6.32. The van der Waals surface area contributed by atoms with E-state index in [9.17, 15) is 0 Å². The van der Waals surface area contributed by atoms with E-state index in [1.807, 2.05) is 12.1 Å². The van der Waals surface area contributed by atoms with Gasteiger partial charge < -0.3 is 5.32 Å². The largest absolute Gasteiger partial charge is 0.359 e. The molecule has 2 nitrogen and oxygen atoms in total. The van der Waals surface area contributed by atoms with Crippen LogP contribution >= 0.6 is 23.2 Å². The monoisotopic (exact) mass is 936 g/mol. The molecule has 11 aromatic rings. The minimum Gasteiger partial charge on any atom is -0.359 e. The first-order valence-electron chi connectivity index (χ1n) is 23.7. The molecule has 1 heterocycles. The van der Waals surface area contributed by atoms with Crippen molar-refractivity contribution in [1.29, 1.82) is 0 Å². The van der Waals surface area contributed by atoms with Crippen LogP contribution in [0.3, 0.4) is 0 Å². The lowest BCUT2D eigenvalue weighted by atomic mass is 9.75. The molecule has 4 heteroatoms. The molecule has 0 bridgehead atoms. The molecular formula is C66H46Cl2N2. The molecule has 0 saturated heterocycles. The average molecular weight is 938 g/mol. The van der Waals surface area contributed by atoms with Gasteiger partial charge in [0.15, 0.2) is 0 Å². The molecule has 1 aliphatic rings. The smallest absolute Gasteiger partial charge is 0.142 e. The summed E-state index contributed by atoms with van der Waals surface area (Å²) in [6, 6.07) is 93.1.